The maximum atomic E-state index is 13.8. The average Bonchev–Trinajstić information content (AvgIpc) is 2.74. The van der Waals surface area contributed by atoms with E-state index in [1.807, 2.05) is 13.8 Å². The number of amides is 1. The summed E-state index contributed by atoms with van der Waals surface area (Å²) in [5.74, 6) is -0.781. The fourth-order valence-electron chi connectivity index (χ4n) is 3.57. The molecule has 0 saturated carbocycles. The second kappa shape index (κ2) is 15.7. The zero-order valence-corrected chi connectivity index (χ0v) is 22.4. The van der Waals surface area contributed by atoms with Crippen LogP contribution in [0.15, 0.2) is 18.2 Å². The predicted octanol–water partition coefficient (Wildman–Crippen LogP) is 3.34. The normalized spacial score (nSPS) is 13.9. The summed E-state index contributed by atoms with van der Waals surface area (Å²) in [6, 6.07) is 3.34. The van der Waals surface area contributed by atoms with Gasteiger partial charge in [0.05, 0.1) is 17.9 Å². The molecular weight excluding hydrogens is 481 g/mol. The van der Waals surface area contributed by atoms with Crippen LogP contribution in [0.1, 0.15) is 58.9 Å². The minimum atomic E-state index is -3.56. The number of nitrogens with one attached hydrogen (secondary N) is 2. The number of hydrogen-bond donors (Lipinski definition) is 3. The number of nitrogens with zero attached hydrogens (tertiary/aromatic N) is 1. The standard InChI is InChI=1S/C24H41ClFN3O4S/c1-5-10-29(11-6-2)34(32,33)12-8-24(31)28-22(23(30)17-27-9-7-18(3)4)15-19-13-20(25)16-21(26)14-19/h13-14,16,18,22-23,27,30H,5-12,15,17H2,1-4H3,(H,28,31)/t22-,23-/m0/s1. The topological polar surface area (TPSA) is 98.7 Å². The minimum absolute atomic E-state index is 0.154. The highest BCUT2D eigenvalue weighted by atomic mass is 35.5. The van der Waals surface area contributed by atoms with Gasteiger partial charge in [0.2, 0.25) is 15.9 Å². The molecule has 196 valence electrons. The zero-order valence-electron chi connectivity index (χ0n) is 20.8. The first kappa shape index (κ1) is 30.8. The summed E-state index contributed by atoms with van der Waals surface area (Å²) >= 11 is 5.96. The Morgan fingerprint density at radius 3 is 2.38 bits per heavy atom. The number of sulfonamides is 1. The molecule has 0 bridgehead atoms. The molecule has 0 radical (unpaired) electrons. The lowest BCUT2D eigenvalue weighted by molar-refractivity contribution is -0.122. The van der Waals surface area contributed by atoms with Gasteiger partial charge in [-0.25, -0.2) is 17.1 Å². The summed E-state index contributed by atoms with van der Waals surface area (Å²) in [5, 5.41) is 16.9. The molecular formula is C24H41ClFN3O4S. The molecule has 0 aliphatic heterocycles. The highest BCUT2D eigenvalue weighted by Crippen LogP contribution is 2.17. The number of rotatable bonds is 17. The lowest BCUT2D eigenvalue weighted by Gasteiger charge is -2.26. The Labute approximate surface area is 209 Å². The first-order valence-corrected chi connectivity index (χ1v) is 14.1. The van der Waals surface area contributed by atoms with Gasteiger partial charge in [0.25, 0.3) is 0 Å². The number of benzene rings is 1. The van der Waals surface area contributed by atoms with Crippen LogP contribution in [0.25, 0.3) is 0 Å². The molecule has 3 N–H and O–H groups in total. The second-order valence-electron chi connectivity index (χ2n) is 9.07. The van der Waals surface area contributed by atoms with Crippen LogP contribution in [0.4, 0.5) is 4.39 Å². The van der Waals surface area contributed by atoms with Crippen molar-refractivity contribution in [2.45, 2.75) is 71.9 Å². The monoisotopic (exact) mass is 521 g/mol. The van der Waals surface area contributed by atoms with Crippen molar-refractivity contribution >= 4 is 27.5 Å². The molecule has 0 fully saturated rings. The molecule has 0 spiro atoms. The van der Waals surface area contributed by atoms with Crippen molar-refractivity contribution in [2.75, 3.05) is 31.9 Å². The molecule has 10 heteroatoms. The van der Waals surface area contributed by atoms with Gasteiger partial charge in [0.1, 0.15) is 5.82 Å². The van der Waals surface area contributed by atoms with Crippen LogP contribution < -0.4 is 10.6 Å². The Hall–Kier alpha value is -1.26. The summed E-state index contributed by atoms with van der Waals surface area (Å²) in [7, 11) is -3.56. The largest absolute Gasteiger partial charge is 0.390 e. The van der Waals surface area contributed by atoms with E-state index in [0.717, 1.165) is 6.42 Å². The van der Waals surface area contributed by atoms with Crippen molar-refractivity contribution in [3.63, 3.8) is 0 Å². The van der Waals surface area contributed by atoms with E-state index in [2.05, 4.69) is 24.5 Å². The molecule has 0 unspecified atom stereocenters. The van der Waals surface area contributed by atoms with Crippen molar-refractivity contribution in [3.8, 4) is 0 Å². The van der Waals surface area contributed by atoms with Gasteiger partial charge >= 0.3 is 0 Å². The molecule has 1 aromatic rings. The Morgan fingerprint density at radius 2 is 1.82 bits per heavy atom. The third kappa shape index (κ3) is 11.9. The molecule has 7 nitrogen and oxygen atoms in total. The fraction of sp³-hybridized carbons (Fsp3) is 0.708. The van der Waals surface area contributed by atoms with Gasteiger partial charge in [-0.15, -0.1) is 0 Å². The van der Waals surface area contributed by atoms with Gasteiger partial charge in [0.15, 0.2) is 0 Å². The van der Waals surface area contributed by atoms with E-state index < -0.39 is 33.9 Å². The van der Waals surface area contributed by atoms with Crippen LogP contribution in [0.2, 0.25) is 5.02 Å². The molecule has 0 aliphatic carbocycles. The van der Waals surface area contributed by atoms with Gasteiger partial charge in [-0.3, -0.25) is 4.79 Å². The highest BCUT2D eigenvalue weighted by molar-refractivity contribution is 7.89. The minimum Gasteiger partial charge on any atom is -0.390 e. The molecule has 1 aromatic carbocycles. The first-order valence-electron chi connectivity index (χ1n) is 12.1. The van der Waals surface area contributed by atoms with Crippen LogP contribution in [0, 0.1) is 11.7 Å². The third-order valence-electron chi connectivity index (χ3n) is 5.37. The SMILES string of the molecule is CCCN(CCC)S(=O)(=O)CCC(=O)N[C@@H](Cc1cc(F)cc(Cl)c1)[C@@H](O)CNCCC(C)C. The molecule has 0 aliphatic rings. The highest BCUT2D eigenvalue weighted by Gasteiger charge is 2.25. The first-order chi connectivity index (χ1) is 16.0. The number of hydrogen-bond acceptors (Lipinski definition) is 5. The number of carbonyl (C=O) groups excluding carboxylic acids is 1. The van der Waals surface area contributed by atoms with E-state index in [-0.39, 0.29) is 30.2 Å². The molecule has 1 rings (SSSR count). The number of aliphatic hydroxyl groups is 1. The zero-order chi connectivity index (χ0) is 25.7. The van der Waals surface area contributed by atoms with Crippen molar-refractivity contribution in [3.05, 3.63) is 34.6 Å². The van der Waals surface area contributed by atoms with Crippen LogP contribution >= 0.6 is 11.6 Å². The van der Waals surface area contributed by atoms with Crippen molar-refractivity contribution in [1.82, 2.24) is 14.9 Å². The maximum absolute atomic E-state index is 13.8. The smallest absolute Gasteiger partial charge is 0.221 e. The van der Waals surface area contributed by atoms with Crippen molar-refractivity contribution in [1.29, 1.82) is 0 Å². The van der Waals surface area contributed by atoms with E-state index in [1.54, 1.807) is 6.07 Å². The summed E-state index contributed by atoms with van der Waals surface area (Å²) < 4.78 is 40.5. The van der Waals surface area contributed by atoms with Gasteiger partial charge in [0, 0.05) is 31.1 Å². The van der Waals surface area contributed by atoms with E-state index in [0.29, 0.717) is 44.0 Å². The van der Waals surface area contributed by atoms with Crippen molar-refractivity contribution < 1.29 is 22.7 Å². The summed E-state index contributed by atoms with van der Waals surface area (Å²) in [6.07, 6.45) is 1.31. The summed E-state index contributed by atoms with van der Waals surface area (Å²) in [5.41, 5.74) is 0.529. The van der Waals surface area contributed by atoms with Gasteiger partial charge in [-0.1, -0.05) is 39.3 Å². The molecule has 2 atom stereocenters. The molecule has 1 amide bonds. The van der Waals surface area contributed by atoms with Crippen LogP contribution in [-0.4, -0.2) is 67.8 Å². The van der Waals surface area contributed by atoms with Crippen LogP contribution in [0.3, 0.4) is 0 Å². The Kier molecular flexibility index (Phi) is 14.2. The van der Waals surface area contributed by atoms with E-state index >= 15 is 0 Å². The van der Waals surface area contributed by atoms with Gasteiger partial charge < -0.3 is 15.7 Å². The fourth-order valence-corrected chi connectivity index (χ4v) is 5.43. The summed E-state index contributed by atoms with van der Waals surface area (Å²) in [4.78, 5) is 12.7. The molecule has 0 aromatic heterocycles. The van der Waals surface area contributed by atoms with Crippen LogP contribution in [0.5, 0.6) is 0 Å². The van der Waals surface area contributed by atoms with Crippen LogP contribution in [-0.2, 0) is 21.2 Å². The average molecular weight is 522 g/mol. The van der Waals surface area contributed by atoms with Gasteiger partial charge in [-0.05, 0) is 61.9 Å². The number of carbonyl (C=O) groups is 1. The Morgan fingerprint density at radius 1 is 1.18 bits per heavy atom. The van der Waals surface area contributed by atoms with E-state index in [9.17, 15) is 22.7 Å². The lowest BCUT2D eigenvalue weighted by Crippen LogP contribution is -2.49. The molecule has 0 saturated heterocycles. The maximum Gasteiger partial charge on any atom is 0.221 e. The Balaban J connectivity index is 2.85. The number of aliphatic hydroxyl groups excluding tert-OH is 1. The van der Waals surface area contributed by atoms with E-state index in [1.165, 1.54) is 16.4 Å². The Bertz CT molecular complexity index is 828. The van der Waals surface area contributed by atoms with Crippen molar-refractivity contribution in [2.24, 2.45) is 5.92 Å². The predicted molar refractivity (Wildman–Crippen MR) is 136 cm³/mol. The summed E-state index contributed by atoms with van der Waals surface area (Å²) in [6.45, 7) is 9.80. The van der Waals surface area contributed by atoms with Gasteiger partial charge in [-0.2, -0.15) is 0 Å². The third-order valence-corrected chi connectivity index (χ3v) is 7.46. The number of halogens is 2. The molecule has 0 heterocycles. The molecule has 34 heavy (non-hydrogen) atoms. The lowest BCUT2D eigenvalue weighted by atomic mass is 10.0. The second-order valence-corrected chi connectivity index (χ2v) is 11.6. The quantitative estimate of drug-likeness (QED) is 0.273. The van der Waals surface area contributed by atoms with E-state index in [4.69, 9.17) is 11.6 Å².